The second-order valence-corrected chi connectivity index (χ2v) is 9.03. The number of sulfonamides is 1. The Balaban J connectivity index is 2.02. The molecule has 2 aromatic carbocycles. The smallest absolute Gasteiger partial charge is 0.207 e. The lowest BCUT2D eigenvalue weighted by molar-refractivity contribution is 0.329. The molecule has 1 aliphatic heterocycles. The van der Waals surface area contributed by atoms with Crippen molar-refractivity contribution in [2.45, 2.75) is 57.4 Å². The van der Waals surface area contributed by atoms with Crippen LogP contribution in [0.1, 0.15) is 54.0 Å². The lowest BCUT2D eigenvalue weighted by Crippen LogP contribution is -2.35. The first kappa shape index (κ1) is 18.2. The SMILES string of the molecule is Cc1ccc([C@@H]2CCCCCN2S(=O)(=O)c2ccc(C)c(C)c2)cc1. The van der Waals surface area contributed by atoms with Crippen LogP contribution in [0, 0.1) is 20.8 Å². The van der Waals surface area contributed by atoms with Gasteiger partial charge in [-0.25, -0.2) is 8.42 Å². The summed E-state index contributed by atoms with van der Waals surface area (Å²) in [5.41, 5.74) is 4.42. The lowest BCUT2D eigenvalue weighted by atomic mass is 10.0. The van der Waals surface area contributed by atoms with Crippen molar-refractivity contribution in [1.29, 1.82) is 0 Å². The minimum absolute atomic E-state index is 0.0743. The first-order chi connectivity index (χ1) is 11.9. The van der Waals surface area contributed by atoms with Crippen LogP contribution >= 0.6 is 0 Å². The largest absolute Gasteiger partial charge is 0.243 e. The normalized spacial score (nSPS) is 19.6. The quantitative estimate of drug-likeness (QED) is 0.782. The zero-order valence-electron chi connectivity index (χ0n) is 15.3. The monoisotopic (exact) mass is 357 g/mol. The first-order valence-electron chi connectivity index (χ1n) is 9.05. The molecule has 0 unspecified atom stereocenters. The maximum Gasteiger partial charge on any atom is 0.243 e. The molecule has 3 nitrogen and oxygen atoms in total. The number of hydrogen-bond donors (Lipinski definition) is 0. The Bertz CT molecular complexity index is 841. The van der Waals surface area contributed by atoms with Crippen molar-refractivity contribution in [1.82, 2.24) is 4.31 Å². The van der Waals surface area contributed by atoms with Gasteiger partial charge in [0.05, 0.1) is 10.9 Å². The van der Waals surface area contributed by atoms with Crippen molar-refractivity contribution in [3.8, 4) is 0 Å². The molecular formula is C21H27NO2S. The molecule has 4 heteroatoms. The third-order valence-electron chi connectivity index (χ3n) is 5.25. The molecule has 25 heavy (non-hydrogen) atoms. The fraction of sp³-hybridized carbons (Fsp3) is 0.429. The zero-order chi connectivity index (χ0) is 18.0. The van der Waals surface area contributed by atoms with Gasteiger partial charge in [-0.05, 0) is 62.4 Å². The van der Waals surface area contributed by atoms with Crippen LogP contribution in [0.3, 0.4) is 0 Å². The molecule has 0 radical (unpaired) electrons. The van der Waals surface area contributed by atoms with Crippen LogP contribution in [0.2, 0.25) is 0 Å². The van der Waals surface area contributed by atoms with Crippen LogP contribution in [-0.4, -0.2) is 19.3 Å². The molecule has 0 saturated carbocycles. The Morgan fingerprint density at radius 2 is 1.60 bits per heavy atom. The third kappa shape index (κ3) is 3.80. The molecule has 1 fully saturated rings. The maximum atomic E-state index is 13.4. The van der Waals surface area contributed by atoms with Gasteiger partial charge in [0.1, 0.15) is 0 Å². The minimum atomic E-state index is -3.50. The van der Waals surface area contributed by atoms with E-state index in [0.29, 0.717) is 11.4 Å². The summed E-state index contributed by atoms with van der Waals surface area (Å²) in [7, 11) is -3.50. The summed E-state index contributed by atoms with van der Waals surface area (Å²) in [5, 5.41) is 0. The molecule has 1 saturated heterocycles. The van der Waals surface area contributed by atoms with E-state index in [-0.39, 0.29) is 6.04 Å². The van der Waals surface area contributed by atoms with Gasteiger partial charge in [0.2, 0.25) is 10.0 Å². The topological polar surface area (TPSA) is 37.4 Å². The molecule has 1 aliphatic rings. The van der Waals surface area contributed by atoms with Crippen LogP contribution in [0.4, 0.5) is 0 Å². The molecule has 2 aromatic rings. The Morgan fingerprint density at radius 1 is 0.880 bits per heavy atom. The Kier molecular flexibility index (Phi) is 5.30. The van der Waals surface area contributed by atoms with Gasteiger partial charge in [0, 0.05) is 6.54 Å². The van der Waals surface area contributed by atoms with Gasteiger partial charge in [0.25, 0.3) is 0 Å². The Hall–Kier alpha value is -1.65. The highest BCUT2D eigenvalue weighted by molar-refractivity contribution is 7.89. The second-order valence-electron chi connectivity index (χ2n) is 7.14. The fourth-order valence-electron chi connectivity index (χ4n) is 3.50. The molecule has 3 rings (SSSR count). The van der Waals surface area contributed by atoms with Gasteiger partial charge in [-0.3, -0.25) is 0 Å². The van der Waals surface area contributed by atoms with Gasteiger partial charge in [-0.15, -0.1) is 0 Å². The summed E-state index contributed by atoms with van der Waals surface area (Å²) < 4.78 is 28.5. The van der Waals surface area contributed by atoms with E-state index in [1.165, 1.54) is 5.56 Å². The van der Waals surface area contributed by atoms with Crippen LogP contribution in [0.15, 0.2) is 47.4 Å². The second kappa shape index (κ2) is 7.30. The van der Waals surface area contributed by atoms with Crippen LogP contribution in [0.5, 0.6) is 0 Å². The van der Waals surface area contributed by atoms with Crippen molar-refractivity contribution in [3.63, 3.8) is 0 Å². The fourth-order valence-corrected chi connectivity index (χ4v) is 5.27. The van der Waals surface area contributed by atoms with Crippen molar-refractivity contribution in [2.24, 2.45) is 0 Å². The van der Waals surface area contributed by atoms with E-state index >= 15 is 0 Å². The summed E-state index contributed by atoms with van der Waals surface area (Å²) in [4.78, 5) is 0.412. The third-order valence-corrected chi connectivity index (χ3v) is 7.15. The molecule has 1 atom stereocenters. The minimum Gasteiger partial charge on any atom is -0.207 e. The van der Waals surface area contributed by atoms with E-state index in [9.17, 15) is 8.42 Å². The van der Waals surface area contributed by atoms with E-state index < -0.39 is 10.0 Å². The molecule has 0 aliphatic carbocycles. The highest BCUT2D eigenvalue weighted by Crippen LogP contribution is 2.35. The van der Waals surface area contributed by atoms with E-state index in [2.05, 4.69) is 31.2 Å². The van der Waals surface area contributed by atoms with Crippen molar-refractivity contribution in [3.05, 3.63) is 64.7 Å². The summed E-state index contributed by atoms with van der Waals surface area (Å²) in [6.45, 7) is 6.62. The highest BCUT2D eigenvalue weighted by Gasteiger charge is 2.33. The number of rotatable bonds is 3. The predicted molar refractivity (Wildman–Crippen MR) is 102 cm³/mol. The lowest BCUT2D eigenvalue weighted by Gasteiger charge is -2.30. The molecule has 0 bridgehead atoms. The molecule has 0 N–H and O–H groups in total. The molecule has 0 spiro atoms. The maximum absolute atomic E-state index is 13.4. The Labute approximate surface area is 151 Å². The molecule has 0 aromatic heterocycles. The Morgan fingerprint density at radius 3 is 2.28 bits per heavy atom. The number of benzene rings is 2. The van der Waals surface area contributed by atoms with Crippen LogP contribution in [0.25, 0.3) is 0 Å². The van der Waals surface area contributed by atoms with Gasteiger partial charge < -0.3 is 0 Å². The van der Waals surface area contributed by atoms with Crippen molar-refractivity contribution >= 4 is 10.0 Å². The van der Waals surface area contributed by atoms with Gasteiger partial charge in [0.15, 0.2) is 0 Å². The summed E-state index contributed by atoms with van der Waals surface area (Å²) in [6.07, 6.45) is 3.96. The first-order valence-corrected chi connectivity index (χ1v) is 10.5. The van der Waals surface area contributed by atoms with E-state index in [1.54, 1.807) is 10.4 Å². The molecular weight excluding hydrogens is 330 g/mol. The van der Waals surface area contributed by atoms with Crippen molar-refractivity contribution < 1.29 is 8.42 Å². The van der Waals surface area contributed by atoms with Crippen LogP contribution in [-0.2, 0) is 10.0 Å². The number of nitrogens with zero attached hydrogens (tertiary/aromatic N) is 1. The van der Waals surface area contributed by atoms with Crippen LogP contribution < -0.4 is 0 Å². The van der Waals surface area contributed by atoms with Crippen molar-refractivity contribution in [2.75, 3.05) is 6.54 Å². The molecule has 134 valence electrons. The highest BCUT2D eigenvalue weighted by atomic mass is 32.2. The standard InChI is InChI=1S/C21H27NO2S/c1-16-8-11-19(12-9-16)21-7-5-4-6-14-22(21)25(23,24)20-13-10-17(2)18(3)15-20/h8-13,15,21H,4-7,14H2,1-3H3/t21-/m0/s1. The molecule has 0 amide bonds. The van der Waals surface area contributed by atoms with Gasteiger partial charge >= 0.3 is 0 Å². The number of aryl methyl sites for hydroxylation is 3. The summed E-state index contributed by atoms with van der Waals surface area (Å²) in [5.74, 6) is 0. The van der Waals surface area contributed by atoms with E-state index in [4.69, 9.17) is 0 Å². The number of hydrogen-bond acceptors (Lipinski definition) is 2. The van der Waals surface area contributed by atoms with Gasteiger partial charge in [-0.1, -0.05) is 48.7 Å². The molecule has 1 heterocycles. The average molecular weight is 358 g/mol. The van der Waals surface area contributed by atoms with E-state index in [0.717, 1.165) is 42.4 Å². The van der Waals surface area contributed by atoms with E-state index in [1.807, 2.05) is 26.0 Å². The summed E-state index contributed by atoms with van der Waals surface area (Å²) >= 11 is 0. The summed E-state index contributed by atoms with van der Waals surface area (Å²) in [6, 6.07) is 13.7. The predicted octanol–water partition coefficient (Wildman–Crippen LogP) is 4.92. The zero-order valence-corrected chi connectivity index (χ0v) is 16.1. The average Bonchev–Trinajstić information content (AvgIpc) is 2.84. The van der Waals surface area contributed by atoms with Gasteiger partial charge in [-0.2, -0.15) is 4.31 Å².